The third kappa shape index (κ3) is 2.68. The monoisotopic (exact) mass is 305 g/mol. The fourth-order valence-electron chi connectivity index (χ4n) is 1.22. The number of alkyl halides is 3. The number of carbonyl (C=O) groups is 1. The van der Waals surface area contributed by atoms with Crippen molar-refractivity contribution in [2.45, 2.75) is 12.2 Å². The summed E-state index contributed by atoms with van der Waals surface area (Å²) in [5, 5.41) is 6.89. The fraction of sp³-hybridized carbons (Fsp3) is 0.222. The van der Waals surface area contributed by atoms with Crippen molar-refractivity contribution in [2.75, 3.05) is 0 Å². The van der Waals surface area contributed by atoms with Crippen LogP contribution in [0.4, 0.5) is 17.6 Å². The molecule has 0 amide bonds. The van der Waals surface area contributed by atoms with E-state index in [1.54, 1.807) is 0 Å². The minimum atomic E-state index is -4.93. The fourth-order valence-corrected chi connectivity index (χ4v) is 1.88. The predicted octanol–water partition coefficient (Wildman–Crippen LogP) is 3.39. The van der Waals surface area contributed by atoms with Crippen molar-refractivity contribution >= 4 is 29.2 Å². The first-order valence-electron chi connectivity index (χ1n) is 4.30. The Balaban J connectivity index is 3.57. The van der Waals surface area contributed by atoms with Gasteiger partial charge in [-0.1, -0.05) is 23.2 Å². The maximum Gasteiger partial charge on any atom is 0.407 e. The normalized spacial score (nSPS) is 13.5. The van der Waals surface area contributed by atoms with E-state index in [9.17, 15) is 22.4 Å². The highest BCUT2D eigenvalue weighted by Crippen LogP contribution is 2.40. The molecule has 1 unspecified atom stereocenters. The summed E-state index contributed by atoms with van der Waals surface area (Å²) < 4.78 is 50.6. The third-order valence-electron chi connectivity index (χ3n) is 2.08. The Morgan fingerprint density at radius 3 is 2.22 bits per heavy atom. The summed E-state index contributed by atoms with van der Waals surface area (Å²) >= 11 is 10.8. The average molecular weight is 306 g/mol. The Morgan fingerprint density at radius 1 is 1.33 bits per heavy atom. The van der Waals surface area contributed by atoms with Gasteiger partial charge < -0.3 is 10.8 Å². The van der Waals surface area contributed by atoms with E-state index in [-0.39, 0.29) is 0 Å². The number of aromatic carboxylic acids is 1. The molecule has 0 bridgehead atoms. The Bertz CT molecular complexity index is 504. The molecule has 0 saturated heterocycles. The van der Waals surface area contributed by atoms with Gasteiger partial charge in [0.1, 0.15) is 11.9 Å². The van der Waals surface area contributed by atoms with Crippen LogP contribution in [0.1, 0.15) is 22.0 Å². The number of benzene rings is 1. The summed E-state index contributed by atoms with van der Waals surface area (Å²) in [6.45, 7) is 0. The third-order valence-corrected chi connectivity index (χ3v) is 2.88. The highest BCUT2D eigenvalue weighted by molar-refractivity contribution is 6.38. The second-order valence-electron chi connectivity index (χ2n) is 3.27. The van der Waals surface area contributed by atoms with Crippen molar-refractivity contribution in [3.05, 3.63) is 33.1 Å². The zero-order valence-corrected chi connectivity index (χ0v) is 9.87. The van der Waals surface area contributed by atoms with Crippen molar-refractivity contribution in [2.24, 2.45) is 5.73 Å². The van der Waals surface area contributed by atoms with Gasteiger partial charge in [0.2, 0.25) is 0 Å². The first-order chi connectivity index (χ1) is 8.07. The molecule has 0 saturated carbocycles. The van der Waals surface area contributed by atoms with Crippen LogP contribution in [0.2, 0.25) is 10.0 Å². The van der Waals surface area contributed by atoms with Gasteiger partial charge in [-0.15, -0.1) is 0 Å². The van der Waals surface area contributed by atoms with Gasteiger partial charge in [-0.3, -0.25) is 0 Å². The van der Waals surface area contributed by atoms with Crippen LogP contribution in [-0.2, 0) is 0 Å². The molecule has 0 radical (unpaired) electrons. The number of halogens is 6. The molecule has 3 N–H and O–H groups in total. The summed E-state index contributed by atoms with van der Waals surface area (Å²) in [5.41, 5.74) is 3.02. The van der Waals surface area contributed by atoms with Crippen LogP contribution in [0.25, 0.3) is 0 Å². The Labute approximate surface area is 108 Å². The first-order valence-corrected chi connectivity index (χ1v) is 5.06. The molecular weight excluding hydrogens is 301 g/mol. The SMILES string of the molecule is NC(c1c(Cl)c(F)cc(C(=O)O)c1Cl)C(F)(F)F. The molecule has 0 aliphatic heterocycles. The van der Waals surface area contributed by atoms with E-state index in [2.05, 4.69) is 0 Å². The summed E-state index contributed by atoms with van der Waals surface area (Å²) in [5.74, 6) is -3.03. The van der Waals surface area contributed by atoms with E-state index < -0.39 is 45.2 Å². The highest BCUT2D eigenvalue weighted by atomic mass is 35.5. The van der Waals surface area contributed by atoms with Crippen molar-refractivity contribution in [3.8, 4) is 0 Å². The maximum absolute atomic E-state index is 13.3. The molecule has 1 atom stereocenters. The molecule has 1 rings (SSSR count). The lowest BCUT2D eigenvalue weighted by atomic mass is 10.0. The molecule has 0 aliphatic carbocycles. The summed E-state index contributed by atoms with van der Waals surface area (Å²) in [7, 11) is 0. The zero-order chi connectivity index (χ0) is 14.2. The number of rotatable bonds is 2. The van der Waals surface area contributed by atoms with E-state index in [4.69, 9.17) is 34.0 Å². The molecule has 0 aliphatic rings. The van der Waals surface area contributed by atoms with Crippen LogP contribution in [0, 0.1) is 5.82 Å². The smallest absolute Gasteiger partial charge is 0.407 e. The van der Waals surface area contributed by atoms with Crippen molar-refractivity contribution in [1.82, 2.24) is 0 Å². The maximum atomic E-state index is 13.3. The number of hydrogen-bond acceptors (Lipinski definition) is 2. The van der Waals surface area contributed by atoms with Gasteiger partial charge in [-0.05, 0) is 6.07 Å². The minimum absolute atomic E-state index is 0.430. The van der Waals surface area contributed by atoms with E-state index in [0.29, 0.717) is 6.07 Å². The lowest BCUT2D eigenvalue weighted by Gasteiger charge is -2.19. The minimum Gasteiger partial charge on any atom is -0.478 e. The van der Waals surface area contributed by atoms with Gasteiger partial charge in [0, 0.05) is 5.56 Å². The van der Waals surface area contributed by atoms with Gasteiger partial charge in [0.25, 0.3) is 0 Å². The molecule has 1 aromatic carbocycles. The van der Waals surface area contributed by atoms with E-state index in [0.717, 1.165) is 0 Å². The predicted molar refractivity (Wildman–Crippen MR) is 56.4 cm³/mol. The van der Waals surface area contributed by atoms with E-state index >= 15 is 0 Å². The second-order valence-corrected chi connectivity index (χ2v) is 4.03. The van der Waals surface area contributed by atoms with Gasteiger partial charge in [0.05, 0.1) is 15.6 Å². The lowest BCUT2D eigenvalue weighted by molar-refractivity contribution is -0.149. The van der Waals surface area contributed by atoms with E-state index in [1.807, 2.05) is 0 Å². The zero-order valence-electron chi connectivity index (χ0n) is 8.36. The van der Waals surface area contributed by atoms with Gasteiger partial charge >= 0.3 is 12.1 Å². The van der Waals surface area contributed by atoms with Crippen LogP contribution >= 0.6 is 23.2 Å². The molecule has 18 heavy (non-hydrogen) atoms. The second kappa shape index (κ2) is 4.91. The summed E-state index contributed by atoms with van der Waals surface area (Å²) in [6, 6.07) is -2.24. The topological polar surface area (TPSA) is 63.3 Å². The standard InChI is InChI=1S/C9H5Cl2F4NO2/c10-5-2(8(17)18)1-3(12)6(11)4(5)7(16)9(13,14)15/h1,7H,16H2,(H,17,18). The molecule has 9 heteroatoms. The van der Waals surface area contributed by atoms with Crippen LogP contribution in [0.5, 0.6) is 0 Å². The average Bonchev–Trinajstić information content (AvgIpc) is 2.21. The highest BCUT2D eigenvalue weighted by Gasteiger charge is 2.41. The molecule has 100 valence electrons. The Morgan fingerprint density at radius 2 is 1.83 bits per heavy atom. The van der Waals surface area contributed by atoms with Crippen LogP contribution in [0.15, 0.2) is 6.07 Å². The van der Waals surface area contributed by atoms with Crippen LogP contribution < -0.4 is 5.73 Å². The van der Waals surface area contributed by atoms with Crippen LogP contribution in [0.3, 0.4) is 0 Å². The molecule has 0 fully saturated rings. The molecule has 1 aromatic rings. The largest absolute Gasteiger partial charge is 0.478 e. The first kappa shape index (κ1) is 15.0. The molecular formula is C9H5Cl2F4NO2. The number of nitrogens with two attached hydrogens (primary N) is 1. The van der Waals surface area contributed by atoms with Gasteiger partial charge in [-0.2, -0.15) is 13.2 Å². The Hall–Kier alpha value is -1.05. The van der Waals surface area contributed by atoms with Crippen molar-refractivity contribution in [3.63, 3.8) is 0 Å². The number of hydrogen-bond donors (Lipinski definition) is 2. The molecule has 0 aromatic heterocycles. The number of carboxylic acid groups (broad SMARTS) is 1. The summed E-state index contributed by atoms with van der Waals surface area (Å²) in [4.78, 5) is 10.7. The quantitative estimate of drug-likeness (QED) is 0.650. The van der Waals surface area contributed by atoms with E-state index in [1.165, 1.54) is 0 Å². The molecule has 3 nitrogen and oxygen atoms in total. The van der Waals surface area contributed by atoms with Gasteiger partial charge in [-0.25, -0.2) is 9.18 Å². The Kier molecular flexibility index (Phi) is 4.09. The molecule has 0 spiro atoms. The molecule has 0 heterocycles. The van der Waals surface area contributed by atoms with Crippen molar-refractivity contribution in [1.29, 1.82) is 0 Å². The number of carboxylic acids is 1. The lowest BCUT2D eigenvalue weighted by Crippen LogP contribution is -2.29. The van der Waals surface area contributed by atoms with Gasteiger partial charge in [0.15, 0.2) is 0 Å². The van der Waals surface area contributed by atoms with Crippen LogP contribution in [-0.4, -0.2) is 17.3 Å². The van der Waals surface area contributed by atoms with Crippen molar-refractivity contribution < 1.29 is 27.5 Å². The summed E-state index contributed by atoms with van der Waals surface area (Å²) in [6.07, 6.45) is -4.93.